The van der Waals surface area contributed by atoms with Crippen molar-refractivity contribution in [1.29, 1.82) is 0 Å². The van der Waals surface area contributed by atoms with Gasteiger partial charge in [0.05, 0.1) is 18.4 Å². The minimum Gasteiger partial charge on any atom is -0.507 e. The second-order valence-electron chi connectivity index (χ2n) is 4.26. The Morgan fingerprint density at radius 1 is 1.42 bits per heavy atom. The van der Waals surface area contributed by atoms with Gasteiger partial charge in [0, 0.05) is 0 Å². The molecule has 2 rings (SSSR count). The van der Waals surface area contributed by atoms with Crippen molar-refractivity contribution in [1.82, 2.24) is 5.32 Å². The van der Waals surface area contributed by atoms with Gasteiger partial charge in [-0.3, -0.25) is 4.79 Å². The number of nitrogens with one attached hydrogen (secondary N) is 1. The zero-order chi connectivity index (χ0) is 13.8. The number of phenols is 1. The van der Waals surface area contributed by atoms with Crippen LogP contribution in [0.3, 0.4) is 0 Å². The standard InChI is InChI=1S/C14H15NO4/c1-9-4-5-11(16)10(7-9)14(18)15-8-12(17)13-3-2-6-19-13/h2-7,12,16-17H,8H2,1H3,(H,15,18). The number of aliphatic hydroxyl groups excluding tert-OH is 1. The molecule has 19 heavy (non-hydrogen) atoms. The molecule has 1 heterocycles. The molecular weight excluding hydrogens is 246 g/mol. The van der Waals surface area contributed by atoms with Gasteiger partial charge in [-0.1, -0.05) is 11.6 Å². The number of benzene rings is 1. The lowest BCUT2D eigenvalue weighted by Crippen LogP contribution is -2.28. The van der Waals surface area contributed by atoms with Gasteiger partial charge in [0.2, 0.25) is 0 Å². The molecule has 5 nitrogen and oxygen atoms in total. The Labute approximate surface area is 110 Å². The lowest BCUT2D eigenvalue weighted by molar-refractivity contribution is 0.0898. The molecule has 0 fully saturated rings. The Hall–Kier alpha value is -2.27. The van der Waals surface area contributed by atoms with Gasteiger partial charge in [0.15, 0.2) is 0 Å². The van der Waals surface area contributed by atoms with Crippen LogP contribution in [0.4, 0.5) is 0 Å². The number of phenolic OH excluding ortho intramolecular Hbond substituents is 1. The van der Waals surface area contributed by atoms with Crippen molar-refractivity contribution in [2.75, 3.05) is 6.54 Å². The van der Waals surface area contributed by atoms with Crippen molar-refractivity contribution in [3.63, 3.8) is 0 Å². The molecule has 2 aromatic rings. The van der Waals surface area contributed by atoms with Gasteiger partial charge in [0.1, 0.15) is 17.6 Å². The zero-order valence-electron chi connectivity index (χ0n) is 10.5. The molecule has 1 amide bonds. The Morgan fingerprint density at radius 2 is 2.21 bits per heavy atom. The summed E-state index contributed by atoms with van der Waals surface area (Å²) in [5.74, 6) is -0.142. The summed E-state index contributed by atoms with van der Waals surface area (Å²) in [5, 5.41) is 21.9. The highest BCUT2D eigenvalue weighted by atomic mass is 16.4. The number of rotatable bonds is 4. The van der Waals surface area contributed by atoms with Gasteiger partial charge in [-0.05, 0) is 31.2 Å². The van der Waals surface area contributed by atoms with Crippen molar-refractivity contribution in [3.05, 3.63) is 53.5 Å². The number of furan rings is 1. The Bertz CT molecular complexity index is 563. The van der Waals surface area contributed by atoms with E-state index in [1.54, 1.807) is 24.3 Å². The first-order chi connectivity index (χ1) is 9.08. The molecule has 3 N–H and O–H groups in total. The molecule has 0 bridgehead atoms. The van der Waals surface area contributed by atoms with Crippen LogP contribution in [-0.4, -0.2) is 22.7 Å². The molecule has 0 aliphatic carbocycles. The van der Waals surface area contributed by atoms with Crippen LogP contribution in [0.5, 0.6) is 5.75 Å². The fourth-order valence-electron chi connectivity index (χ4n) is 1.70. The van der Waals surface area contributed by atoms with E-state index in [-0.39, 0.29) is 17.9 Å². The first-order valence-corrected chi connectivity index (χ1v) is 5.87. The second kappa shape index (κ2) is 5.58. The molecule has 5 heteroatoms. The van der Waals surface area contributed by atoms with Crippen LogP contribution in [0, 0.1) is 6.92 Å². The Morgan fingerprint density at radius 3 is 2.89 bits per heavy atom. The summed E-state index contributed by atoms with van der Waals surface area (Å²) in [4.78, 5) is 11.9. The molecule has 0 saturated carbocycles. The first-order valence-electron chi connectivity index (χ1n) is 5.87. The van der Waals surface area contributed by atoms with Crippen LogP contribution in [0.15, 0.2) is 41.0 Å². The zero-order valence-corrected chi connectivity index (χ0v) is 10.5. The average Bonchev–Trinajstić information content (AvgIpc) is 2.92. The second-order valence-corrected chi connectivity index (χ2v) is 4.26. The Kier molecular flexibility index (Phi) is 3.87. The van der Waals surface area contributed by atoms with E-state index in [1.807, 2.05) is 6.92 Å². The molecule has 1 unspecified atom stereocenters. The third-order valence-corrected chi connectivity index (χ3v) is 2.72. The van der Waals surface area contributed by atoms with E-state index in [1.165, 1.54) is 12.3 Å². The van der Waals surface area contributed by atoms with Gasteiger partial charge >= 0.3 is 0 Å². The predicted molar refractivity (Wildman–Crippen MR) is 68.8 cm³/mol. The first kappa shape index (κ1) is 13.2. The van der Waals surface area contributed by atoms with Gasteiger partial charge in [-0.15, -0.1) is 0 Å². The summed E-state index contributed by atoms with van der Waals surface area (Å²) >= 11 is 0. The summed E-state index contributed by atoms with van der Waals surface area (Å²) in [5.41, 5.74) is 1.06. The van der Waals surface area contributed by atoms with Crippen LogP contribution >= 0.6 is 0 Å². The summed E-state index contributed by atoms with van der Waals surface area (Å²) in [6.45, 7) is 1.84. The molecule has 0 spiro atoms. The van der Waals surface area contributed by atoms with E-state index >= 15 is 0 Å². The molecule has 0 aliphatic rings. The van der Waals surface area contributed by atoms with E-state index in [2.05, 4.69) is 5.32 Å². The SMILES string of the molecule is Cc1ccc(O)c(C(=O)NCC(O)c2ccco2)c1. The molecule has 100 valence electrons. The number of aryl methyl sites for hydroxylation is 1. The monoisotopic (exact) mass is 261 g/mol. The molecule has 0 saturated heterocycles. The van der Waals surface area contributed by atoms with Crippen LogP contribution in [0.1, 0.15) is 27.8 Å². The quantitative estimate of drug-likeness (QED) is 0.783. The maximum atomic E-state index is 11.9. The molecule has 0 radical (unpaired) electrons. The predicted octanol–water partition coefficient (Wildman–Crippen LogP) is 1.76. The van der Waals surface area contributed by atoms with Crippen molar-refractivity contribution < 1.29 is 19.4 Å². The van der Waals surface area contributed by atoms with E-state index in [9.17, 15) is 15.0 Å². The molecule has 1 aromatic carbocycles. The van der Waals surface area contributed by atoms with Crippen molar-refractivity contribution in [3.8, 4) is 5.75 Å². The van der Waals surface area contributed by atoms with Gasteiger partial charge in [-0.25, -0.2) is 0 Å². The third-order valence-electron chi connectivity index (χ3n) is 2.72. The number of aromatic hydroxyl groups is 1. The van der Waals surface area contributed by atoms with Gasteiger partial charge < -0.3 is 19.9 Å². The van der Waals surface area contributed by atoms with E-state index < -0.39 is 12.0 Å². The lowest BCUT2D eigenvalue weighted by atomic mass is 10.1. The highest BCUT2D eigenvalue weighted by molar-refractivity contribution is 5.96. The van der Waals surface area contributed by atoms with Crippen molar-refractivity contribution in [2.45, 2.75) is 13.0 Å². The maximum Gasteiger partial charge on any atom is 0.255 e. The van der Waals surface area contributed by atoms with Crippen LogP contribution < -0.4 is 5.32 Å². The maximum absolute atomic E-state index is 11.9. The number of carbonyl (C=O) groups excluding carboxylic acids is 1. The van der Waals surface area contributed by atoms with Crippen molar-refractivity contribution >= 4 is 5.91 Å². The number of aliphatic hydroxyl groups is 1. The Balaban J connectivity index is 2.00. The number of carbonyl (C=O) groups is 1. The topological polar surface area (TPSA) is 82.7 Å². The van der Waals surface area contributed by atoms with Crippen molar-refractivity contribution in [2.24, 2.45) is 0 Å². The molecular formula is C14H15NO4. The summed E-state index contributed by atoms with van der Waals surface area (Å²) in [6.07, 6.45) is 0.540. The van der Waals surface area contributed by atoms with Crippen LogP contribution in [-0.2, 0) is 0 Å². The summed E-state index contributed by atoms with van der Waals surface area (Å²) < 4.78 is 5.03. The number of amides is 1. The minimum absolute atomic E-state index is 0.0136. The van der Waals surface area contributed by atoms with E-state index in [4.69, 9.17) is 4.42 Å². The third kappa shape index (κ3) is 3.14. The lowest BCUT2D eigenvalue weighted by Gasteiger charge is -2.10. The fourth-order valence-corrected chi connectivity index (χ4v) is 1.70. The molecule has 1 atom stereocenters. The van der Waals surface area contributed by atoms with Crippen LogP contribution in [0.2, 0.25) is 0 Å². The largest absolute Gasteiger partial charge is 0.507 e. The van der Waals surface area contributed by atoms with E-state index in [0.717, 1.165) is 5.56 Å². The summed E-state index contributed by atoms with van der Waals surface area (Å²) in [7, 11) is 0. The van der Waals surface area contributed by atoms with Crippen LogP contribution in [0.25, 0.3) is 0 Å². The van der Waals surface area contributed by atoms with E-state index in [0.29, 0.717) is 5.76 Å². The fraction of sp³-hybridized carbons (Fsp3) is 0.214. The molecule has 1 aromatic heterocycles. The molecule has 0 aliphatic heterocycles. The average molecular weight is 261 g/mol. The number of hydrogen-bond acceptors (Lipinski definition) is 4. The normalized spacial score (nSPS) is 12.1. The highest BCUT2D eigenvalue weighted by Gasteiger charge is 2.15. The number of hydrogen-bond donors (Lipinski definition) is 3. The van der Waals surface area contributed by atoms with Gasteiger partial charge in [-0.2, -0.15) is 0 Å². The minimum atomic E-state index is -0.911. The van der Waals surface area contributed by atoms with Gasteiger partial charge in [0.25, 0.3) is 5.91 Å². The summed E-state index contributed by atoms with van der Waals surface area (Å²) in [6, 6.07) is 8.05. The smallest absolute Gasteiger partial charge is 0.255 e. The highest BCUT2D eigenvalue weighted by Crippen LogP contribution is 2.18.